The lowest BCUT2D eigenvalue weighted by molar-refractivity contribution is -0.133. The first-order valence-corrected chi connectivity index (χ1v) is 6.83. The molecule has 0 saturated carbocycles. The predicted octanol–water partition coefficient (Wildman–Crippen LogP) is 0.367. The van der Waals surface area contributed by atoms with Crippen molar-refractivity contribution in [3.05, 3.63) is 0 Å². The van der Waals surface area contributed by atoms with Crippen molar-refractivity contribution in [3.63, 3.8) is 0 Å². The zero-order valence-electron chi connectivity index (χ0n) is 12.4. The van der Waals surface area contributed by atoms with Gasteiger partial charge in [-0.05, 0) is 39.9 Å². The summed E-state index contributed by atoms with van der Waals surface area (Å²) in [5, 5.41) is 3.01. The second-order valence-corrected chi connectivity index (χ2v) is 6.08. The molecule has 1 fully saturated rings. The van der Waals surface area contributed by atoms with Gasteiger partial charge in [0.2, 0.25) is 5.91 Å². The Morgan fingerprint density at radius 2 is 1.90 bits per heavy atom. The average Bonchev–Trinajstić information content (AvgIpc) is 2.31. The van der Waals surface area contributed by atoms with E-state index in [1.807, 2.05) is 27.7 Å². The quantitative estimate of drug-likeness (QED) is 0.479. The van der Waals surface area contributed by atoms with E-state index < -0.39 is 11.7 Å². The molecule has 0 aromatic heterocycles. The van der Waals surface area contributed by atoms with Crippen molar-refractivity contribution in [3.8, 4) is 0 Å². The monoisotopic (exact) mass is 302 g/mol. The first-order valence-electron chi connectivity index (χ1n) is 6.43. The van der Waals surface area contributed by atoms with E-state index in [9.17, 15) is 9.59 Å². The van der Waals surface area contributed by atoms with Crippen LogP contribution in [-0.4, -0.2) is 47.2 Å². The van der Waals surface area contributed by atoms with E-state index in [1.54, 1.807) is 7.05 Å². The Hall–Kier alpha value is -1.57. The van der Waals surface area contributed by atoms with Gasteiger partial charge in [0.1, 0.15) is 5.60 Å². The number of hydrogen-bond acceptors (Lipinski definition) is 4. The fraction of sp³-hybridized carbons (Fsp3) is 0.750. The third kappa shape index (κ3) is 4.22. The van der Waals surface area contributed by atoms with Gasteiger partial charge in [-0.15, -0.1) is 0 Å². The molecule has 7 nitrogen and oxygen atoms in total. The third-order valence-corrected chi connectivity index (χ3v) is 3.26. The second-order valence-electron chi connectivity index (χ2n) is 5.67. The van der Waals surface area contributed by atoms with Gasteiger partial charge >= 0.3 is 6.09 Å². The molecular formula is C12H22N4O3S. The van der Waals surface area contributed by atoms with Gasteiger partial charge in [0.25, 0.3) is 0 Å². The van der Waals surface area contributed by atoms with Gasteiger partial charge in [0, 0.05) is 19.6 Å². The molecule has 20 heavy (non-hydrogen) atoms. The Labute approximate surface area is 124 Å². The minimum atomic E-state index is -0.537. The predicted molar refractivity (Wildman–Crippen MR) is 78.8 cm³/mol. The van der Waals surface area contributed by atoms with E-state index in [-0.39, 0.29) is 17.9 Å². The molecule has 8 heteroatoms. The molecule has 0 spiro atoms. The molecule has 3 N–H and O–H groups in total. The number of hydrogen-bond donors (Lipinski definition) is 3. The fourth-order valence-corrected chi connectivity index (χ4v) is 1.80. The first-order chi connectivity index (χ1) is 9.15. The molecule has 0 bridgehead atoms. The highest BCUT2D eigenvalue weighted by molar-refractivity contribution is 7.80. The molecule has 1 aliphatic heterocycles. The number of carbonyl (C=O) groups is 2. The number of carbonyl (C=O) groups excluding carboxylic acids is 2. The van der Waals surface area contributed by atoms with Crippen LogP contribution in [0.5, 0.6) is 0 Å². The Morgan fingerprint density at radius 3 is 2.35 bits per heavy atom. The van der Waals surface area contributed by atoms with Crippen molar-refractivity contribution in [1.29, 1.82) is 0 Å². The number of nitrogens with zero attached hydrogens (tertiary/aromatic N) is 1. The lowest BCUT2D eigenvalue weighted by atomic mass is 9.90. The summed E-state index contributed by atoms with van der Waals surface area (Å²) in [4.78, 5) is 25.3. The van der Waals surface area contributed by atoms with E-state index in [2.05, 4.69) is 16.2 Å². The van der Waals surface area contributed by atoms with Crippen LogP contribution >= 0.6 is 12.2 Å². The van der Waals surface area contributed by atoms with E-state index in [0.29, 0.717) is 11.7 Å². The molecule has 1 aliphatic rings. The minimum absolute atomic E-state index is 0.199. The highest BCUT2D eigenvalue weighted by Gasteiger charge is 2.44. The van der Waals surface area contributed by atoms with Crippen LogP contribution in [0, 0.1) is 5.92 Å². The summed E-state index contributed by atoms with van der Waals surface area (Å²) in [7, 11) is 1.65. The molecule has 0 radical (unpaired) electrons. The highest BCUT2D eigenvalue weighted by Crippen LogP contribution is 2.26. The van der Waals surface area contributed by atoms with Crippen LogP contribution in [0.3, 0.4) is 0 Å². The van der Waals surface area contributed by atoms with Crippen LogP contribution in [0.1, 0.15) is 27.7 Å². The molecule has 0 aromatic carbocycles. The molecule has 0 aliphatic carbocycles. The maximum atomic E-state index is 11.9. The van der Waals surface area contributed by atoms with Crippen molar-refractivity contribution in [2.75, 3.05) is 13.6 Å². The summed E-state index contributed by atoms with van der Waals surface area (Å²) in [5.41, 5.74) is 4.54. The van der Waals surface area contributed by atoms with Gasteiger partial charge in [0.15, 0.2) is 5.11 Å². The smallest absolute Gasteiger partial charge is 0.410 e. The summed E-state index contributed by atoms with van der Waals surface area (Å²) in [6.45, 7) is 7.58. The summed E-state index contributed by atoms with van der Waals surface area (Å²) < 4.78 is 5.26. The van der Waals surface area contributed by atoms with Crippen molar-refractivity contribution < 1.29 is 14.3 Å². The van der Waals surface area contributed by atoms with Gasteiger partial charge in [-0.1, -0.05) is 0 Å². The van der Waals surface area contributed by atoms with Gasteiger partial charge in [-0.25, -0.2) is 4.79 Å². The van der Waals surface area contributed by atoms with Crippen molar-refractivity contribution in [1.82, 2.24) is 21.1 Å². The van der Waals surface area contributed by atoms with Crippen molar-refractivity contribution in [2.24, 2.45) is 5.92 Å². The zero-order valence-corrected chi connectivity index (χ0v) is 13.3. The number of rotatable bonds is 1. The standard InChI is InChI=1S/C12H22N4O3S/c1-7-8(9(17)14-15-10(20)13-5)6-16(7)11(18)19-12(2,3)4/h7-8H,6H2,1-5H3,(H,14,17)(H2,13,15,20)/t7-,8+/m0/s1. The van der Waals surface area contributed by atoms with E-state index in [0.717, 1.165) is 0 Å². The maximum absolute atomic E-state index is 11.9. The number of thiocarbonyl (C=S) groups is 1. The molecule has 1 heterocycles. The molecule has 1 rings (SSSR count). The molecule has 0 unspecified atom stereocenters. The Kier molecular flexibility index (Phi) is 5.15. The van der Waals surface area contributed by atoms with Crippen LogP contribution in [0.2, 0.25) is 0 Å². The summed E-state index contributed by atoms with van der Waals surface area (Å²) in [6.07, 6.45) is -0.396. The van der Waals surface area contributed by atoms with Crippen LogP contribution in [0.25, 0.3) is 0 Å². The Morgan fingerprint density at radius 1 is 1.30 bits per heavy atom. The summed E-state index contributed by atoms with van der Waals surface area (Å²) in [6, 6.07) is -0.199. The van der Waals surface area contributed by atoms with Crippen LogP contribution in [-0.2, 0) is 9.53 Å². The summed E-state index contributed by atoms with van der Waals surface area (Å²) in [5.74, 6) is -0.468. The van der Waals surface area contributed by atoms with Crippen molar-refractivity contribution in [2.45, 2.75) is 39.3 Å². The largest absolute Gasteiger partial charge is 0.444 e. The number of hydrazine groups is 1. The molecule has 1 saturated heterocycles. The van der Waals surface area contributed by atoms with Gasteiger partial charge < -0.3 is 15.0 Å². The van der Waals surface area contributed by atoms with Crippen LogP contribution in [0.15, 0.2) is 0 Å². The minimum Gasteiger partial charge on any atom is -0.444 e. The number of nitrogens with one attached hydrogen (secondary N) is 3. The van der Waals surface area contributed by atoms with Crippen LogP contribution < -0.4 is 16.2 Å². The normalized spacial score (nSPS) is 21.6. The zero-order chi connectivity index (χ0) is 15.5. The van der Waals surface area contributed by atoms with Gasteiger partial charge in [-0.3, -0.25) is 15.6 Å². The van der Waals surface area contributed by atoms with Crippen LogP contribution in [0.4, 0.5) is 4.79 Å². The lowest BCUT2D eigenvalue weighted by Gasteiger charge is -2.45. The fourth-order valence-electron chi connectivity index (χ4n) is 1.75. The van der Waals surface area contributed by atoms with Gasteiger partial charge in [0.05, 0.1) is 5.92 Å². The van der Waals surface area contributed by atoms with Gasteiger partial charge in [-0.2, -0.15) is 0 Å². The highest BCUT2D eigenvalue weighted by atomic mass is 32.1. The molecular weight excluding hydrogens is 280 g/mol. The number of amides is 2. The number of likely N-dealkylation sites (tertiary alicyclic amines) is 1. The van der Waals surface area contributed by atoms with E-state index in [1.165, 1.54) is 4.90 Å². The van der Waals surface area contributed by atoms with E-state index >= 15 is 0 Å². The maximum Gasteiger partial charge on any atom is 0.410 e. The SMILES string of the molecule is CNC(=S)NNC(=O)[C@@H]1CN(C(=O)OC(C)(C)C)[C@H]1C. The Bertz CT molecular complexity index is 408. The summed E-state index contributed by atoms with van der Waals surface area (Å²) >= 11 is 4.85. The molecule has 0 aromatic rings. The molecule has 2 atom stereocenters. The number of ether oxygens (including phenoxy) is 1. The first kappa shape index (κ1) is 16.5. The van der Waals surface area contributed by atoms with E-state index in [4.69, 9.17) is 17.0 Å². The topological polar surface area (TPSA) is 82.7 Å². The molecule has 2 amide bonds. The lowest BCUT2D eigenvalue weighted by Crippen LogP contribution is -2.64. The Balaban J connectivity index is 2.42. The molecule has 114 valence electrons. The van der Waals surface area contributed by atoms with Crippen molar-refractivity contribution >= 4 is 29.3 Å². The third-order valence-electron chi connectivity index (χ3n) is 2.96. The second kappa shape index (κ2) is 6.25. The average molecular weight is 302 g/mol.